The summed E-state index contributed by atoms with van der Waals surface area (Å²) in [5.41, 5.74) is -2.54. The summed E-state index contributed by atoms with van der Waals surface area (Å²) in [4.78, 5) is 23.7. The van der Waals surface area contributed by atoms with Gasteiger partial charge in [0.2, 0.25) is 5.69 Å². The molecule has 0 aromatic carbocycles. The van der Waals surface area contributed by atoms with Crippen LogP contribution in [0.2, 0.25) is 0 Å². The molecule has 0 aliphatic carbocycles. The normalized spacial score (nSPS) is 20.5. The Hall–Kier alpha value is -0.140. The molecule has 134 valence electrons. The number of carbonyl (C=O) groups is 2. The third-order valence-corrected chi connectivity index (χ3v) is 8.37. The third kappa shape index (κ3) is 7.52. The molecule has 6 nitrogen and oxygen atoms in total. The Balaban J connectivity index is 2.61. The Labute approximate surface area is 146 Å². The van der Waals surface area contributed by atoms with Crippen molar-refractivity contribution in [3.63, 3.8) is 0 Å². The second-order valence-corrected chi connectivity index (χ2v) is 12.3. The van der Waals surface area contributed by atoms with Gasteiger partial charge in [0.05, 0.1) is 38.8 Å². The molecule has 1 atom stereocenters. The molecule has 1 aliphatic rings. The van der Waals surface area contributed by atoms with Crippen LogP contribution in [-0.2, 0) is 39.9 Å². The molecule has 1 aliphatic heterocycles. The highest BCUT2D eigenvalue weighted by Crippen LogP contribution is 2.64. The van der Waals surface area contributed by atoms with Gasteiger partial charge in [0, 0.05) is 11.2 Å². The molecule has 0 spiro atoms. The van der Waals surface area contributed by atoms with Crippen molar-refractivity contribution in [2.24, 2.45) is 11.3 Å². The molecule has 9 heteroatoms. The molecule has 0 aromatic heterocycles. The molecule has 1 saturated heterocycles. The van der Waals surface area contributed by atoms with Crippen LogP contribution in [0.3, 0.4) is 0 Å². The fraction of sp³-hybridized carbons (Fsp3) is 0.857. The van der Waals surface area contributed by atoms with Gasteiger partial charge in [-0.2, -0.15) is 0 Å². The Bertz CT molecular complexity index is 454. The van der Waals surface area contributed by atoms with E-state index in [0.29, 0.717) is 19.0 Å². The van der Waals surface area contributed by atoms with Crippen LogP contribution in [0, 0.1) is 11.3 Å². The monoisotopic (exact) mass is 384 g/mol. The zero-order valence-electron chi connectivity index (χ0n) is 14.0. The lowest BCUT2D eigenvalue weighted by molar-refractivity contribution is -0.153. The summed E-state index contributed by atoms with van der Waals surface area (Å²) >= 11 is 6.75. The molecular weight excluding hydrogens is 359 g/mol. The summed E-state index contributed by atoms with van der Waals surface area (Å²) in [6, 6.07) is 0. The van der Waals surface area contributed by atoms with Crippen LogP contribution in [0.1, 0.15) is 34.1 Å². The standard InChI is InChI=1S/C14H25O6PS2/c1-5-17-12(15)7-11(13(16)18-6-2)8-23-21(22)19-9-14(3,4)10-20-21/h11H,5-10H2,1-4H3. The Morgan fingerprint density at radius 1 is 1.22 bits per heavy atom. The first-order valence-corrected chi connectivity index (χ1v) is 11.8. The molecule has 0 radical (unpaired) electrons. The zero-order valence-corrected chi connectivity index (χ0v) is 16.6. The van der Waals surface area contributed by atoms with Gasteiger partial charge >= 0.3 is 11.9 Å². The maximum atomic E-state index is 12.0. The average Bonchev–Trinajstić information content (AvgIpc) is 2.48. The highest BCUT2D eigenvalue weighted by molar-refractivity contribution is 8.67. The molecule has 1 heterocycles. The molecule has 0 N–H and O–H groups in total. The van der Waals surface area contributed by atoms with Crippen LogP contribution in [0.15, 0.2) is 0 Å². The molecule has 0 amide bonds. The minimum atomic E-state index is -2.47. The summed E-state index contributed by atoms with van der Waals surface area (Å²) in [5, 5.41) is 0. The van der Waals surface area contributed by atoms with E-state index in [-0.39, 0.29) is 25.0 Å². The quantitative estimate of drug-likeness (QED) is 0.467. The van der Waals surface area contributed by atoms with E-state index in [1.807, 2.05) is 13.8 Å². The lowest BCUT2D eigenvalue weighted by Gasteiger charge is -2.36. The minimum Gasteiger partial charge on any atom is -0.466 e. The number of carbonyl (C=O) groups excluding carboxylic acids is 2. The fourth-order valence-corrected chi connectivity index (χ4v) is 6.30. The van der Waals surface area contributed by atoms with E-state index in [0.717, 1.165) is 0 Å². The highest BCUT2D eigenvalue weighted by atomic mass is 32.9. The number of esters is 2. The first-order valence-electron chi connectivity index (χ1n) is 7.57. The van der Waals surface area contributed by atoms with Gasteiger partial charge in [0.25, 0.3) is 0 Å². The van der Waals surface area contributed by atoms with E-state index >= 15 is 0 Å². The number of hydrogen-bond donors (Lipinski definition) is 0. The number of hydrogen-bond acceptors (Lipinski definition) is 8. The maximum absolute atomic E-state index is 12.0. The van der Waals surface area contributed by atoms with Crippen molar-refractivity contribution in [3.8, 4) is 0 Å². The van der Waals surface area contributed by atoms with Crippen molar-refractivity contribution >= 4 is 40.8 Å². The summed E-state index contributed by atoms with van der Waals surface area (Å²) in [6.07, 6.45) is -0.0273. The predicted molar refractivity (Wildman–Crippen MR) is 93.8 cm³/mol. The molecule has 1 rings (SSSR count). The number of ether oxygens (including phenoxy) is 2. The number of rotatable bonds is 8. The second kappa shape index (κ2) is 9.37. The molecule has 1 unspecified atom stereocenters. The lowest BCUT2D eigenvalue weighted by Crippen LogP contribution is -2.29. The van der Waals surface area contributed by atoms with Gasteiger partial charge < -0.3 is 18.5 Å². The summed E-state index contributed by atoms with van der Waals surface area (Å²) in [6.45, 7) is 9.12. The van der Waals surface area contributed by atoms with E-state index < -0.39 is 23.6 Å². The van der Waals surface area contributed by atoms with Crippen LogP contribution in [0.5, 0.6) is 0 Å². The molecule has 1 fully saturated rings. The SMILES string of the molecule is CCOC(=O)CC(CSP1(=S)OCC(C)(C)CO1)C(=O)OCC. The Kier molecular flexibility index (Phi) is 8.52. The highest BCUT2D eigenvalue weighted by Gasteiger charge is 2.35. The smallest absolute Gasteiger partial charge is 0.310 e. The summed E-state index contributed by atoms with van der Waals surface area (Å²) < 4.78 is 21.4. The largest absolute Gasteiger partial charge is 0.466 e. The van der Waals surface area contributed by atoms with E-state index in [2.05, 4.69) is 0 Å². The van der Waals surface area contributed by atoms with Crippen molar-refractivity contribution in [1.29, 1.82) is 0 Å². The summed E-state index contributed by atoms with van der Waals surface area (Å²) in [5.74, 6) is -1.14. The van der Waals surface area contributed by atoms with Crippen LogP contribution < -0.4 is 0 Å². The van der Waals surface area contributed by atoms with Crippen LogP contribution in [-0.4, -0.2) is 44.1 Å². The van der Waals surface area contributed by atoms with Crippen molar-refractivity contribution in [3.05, 3.63) is 0 Å². The third-order valence-electron chi connectivity index (χ3n) is 3.00. The molecule has 0 bridgehead atoms. The van der Waals surface area contributed by atoms with Gasteiger partial charge in [-0.25, -0.2) is 0 Å². The van der Waals surface area contributed by atoms with Crippen molar-refractivity contribution in [2.75, 3.05) is 32.2 Å². The second-order valence-electron chi connectivity index (χ2n) is 5.91. The zero-order chi connectivity index (χ0) is 17.5. The predicted octanol–water partition coefficient (Wildman–Crippen LogP) is 3.15. The molecular formula is C14H25O6PS2. The van der Waals surface area contributed by atoms with Crippen LogP contribution in [0.25, 0.3) is 0 Å². The molecule has 0 saturated carbocycles. The lowest BCUT2D eigenvalue weighted by atomic mass is 9.97. The van der Waals surface area contributed by atoms with Crippen molar-refractivity contribution < 1.29 is 28.1 Å². The van der Waals surface area contributed by atoms with E-state index in [1.165, 1.54) is 11.4 Å². The van der Waals surface area contributed by atoms with Crippen LogP contribution in [0.4, 0.5) is 0 Å². The minimum absolute atomic E-state index is 0.0273. The Morgan fingerprint density at radius 2 is 1.78 bits per heavy atom. The van der Waals surface area contributed by atoms with Gasteiger partial charge in [-0.3, -0.25) is 9.59 Å². The van der Waals surface area contributed by atoms with E-state index in [4.69, 9.17) is 30.3 Å². The van der Waals surface area contributed by atoms with Gasteiger partial charge in [-0.05, 0) is 25.7 Å². The summed E-state index contributed by atoms with van der Waals surface area (Å²) in [7, 11) is 0. The fourth-order valence-electron chi connectivity index (χ4n) is 1.73. The van der Waals surface area contributed by atoms with E-state index in [1.54, 1.807) is 13.8 Å². The van der Waals surface area contributed by atoms with Gasteiger partial charge in [0.1, 0.15) is 0 Å². The van der Waals surface area contributed by atoms with Gasteiger partial charge in [-0.15, -0.1) is 0 Å². The first kappa shape index (κ1) is 20.9. The molecule has 23 heavy (non-hydrogen) atoms. The van der Waals surface area contributed by atoms with Crippen molar-refractivity contribution in [2.45, 2.75) is 34.1 Å². The van der Waals surface area contributed by atoms with Gasteiger partial charge in [0.15, 0.2) is 0 Å². The van der Waals surface area contributed by atoms with Gasteiger partial charge in [-0.1, -0.05) is 25.2 Å². The molecule has 0 aromatic rings. The topological polar surface area (TPSA) is 71.1 Å². The van der Waals surface area contributed by atoms with E-state index in [9.17, 15) is 9.59 Å². The Morgan fingerprint density at radius 3 is 2.30 bits per heavy atom. The van der Waals surface area contributed by atoms with Crippen LogP contribution >= 0.6 is 17.1 Å². The van der Waals surface area contributed by atoms with Crippen molar-refractivity contribution in [1.82, 2.24) is 0 Å². The first-order chi connectivity index (χ1) is 10.7. The average molecular weight is 384 g/mol. The maximum Gasteiger partial charge on any atom is 0.310 e.